The molecule has 7 nitrogen and oxygen atoms in total. The third-order valence-electron chi connectivity index (χ3n) is 6.13. The molecule has 0 aromatic heterocycles. The minimum Gasteiger partial charge on any atom is -0.488 e. The summed E-state index contributed by atoms with van der Waals surface area (Å²) >= 11 is 0. The summed E-state index contributed by atoms with van der Waals surface area (Å²) in [7, 11) is 0. The van der Waals surface area contributed by atoms with Crippen LogP contribution in [0, 0.1) is 12.7 Å². The average Bonchev–Trinajstić information content (AvgIpc) is 3.17. The quantitative estimate of drug-likeness (QED) is 0.258. The molecule has 4 aromatic rings. The van der Waals surface area contributed by atoms with E-state index in [0.29, 0.717) is 17.0 Å². The molecule has 8 heteroatoms. The first-order valence-corrected chi connectivity index (χ1v) is 12.0. The SMILES string of the molecule is Cc1ccc(NC(=O)CN2C(=O)N/C(=C/c3c(OCc4ccc(F)cc4)ccc4ccccc34)C2=O)cc1. The molecule has 0 aliphatic carbocycles. The van der Waals surface area contributed by atoms with Gasteiger partial charge in [-0.1, -0.05) is 60.2 Å². The molecule has 1 fully saturated rings. The Kier molecular flexibility index (Phi) is 6.86. The fraction of sp³-hybridized carbons (Fsp3) is 0.100. The van der Waals surface area contributed by atoms with Crippen LogP contribution in [0.25, 0.3) is 16.8 Å². The number of aryl methyl sites for hydroxylation is 1. The molecule has 4 amide bonds. The van der Waals surface area contributed by atoms with E-state index in [1.807, 2.05) is 49.4 Å². The summed E-state index contributed by atoms with van der Waals surface area (Å²) in [5.41, 5.74) is 3.01. The second kappa shape index (κ2) is 10.6. The molecule has 5 rings (SSSR count). The van der Waals surface area contributed by atoms with E-state index in [9.17, 15) is 18.8 Å². The highest BCUT2D eigenvalue weighted by atomic mass is 19.1. The maximum Gasteiger partial charge on any atom is 0.329 e. The van der Waals surface area contributed by atoms with Crippen molar-refractivity contribution in [2.24, 2.45) is 0 Å². The molecule has 0 saturated carbocycles. The van der Waals surface area contributed by atoms with Crippen molar-refractivity contribution in [1.82, 2.24) is 10.2 Å². The zero-order valence-electron chi connectivity index (χ0n) is 20.5. The standard InChI is InChI=1S/C30H24FN3O4/c1-19-6-13-23(14-7-19)32-28(35)17-34-29(36)26(33-30(34)37)16-25-24-5-3-2-4-21(24)10-15-27(25)38-18-20-8-11-22(31)12-9-20/h2-16H,17-18H2,1H3,(H,32,35)(H,33,37)/b26-16+. The minimum absolute atomic E-state index is 0.0288. The van der Waals surface area contributed by atoms with Crippen LogP contribution in [0.15, 0.2) is 90.6 Å². The second-order valence-electron chi connectivity index (χ2n) is 8.91. The fourth-order valence-corrected chi connectivity index (χ4v) is 4.13. The van der Waals surface area contributed by atoms with Gasteiger partial charge in [-0.05, 0) is 59.7 Å². The lowest BCUT2D eigenvalue weighted by Gasteiger charge is -2.13. The molecule has 1 aliphatic rings. The van der Waals surface area contributed by atoms with Crippen LogP contribution in [0.1, 0.15) is 16.7 Å². The molecular formula is C30H24FN3O4. The lowest BCUT2D eigenvalue weighted by Crippen LogP contribution is -2.38. The van der Waals surface area contributed by atoms with Crippen molar-refractivity contribution >= 4 is 40.4 Å². The minimum atomic E-state index is -0.686. The van der Waals surface area contributed by atoms with E-state index in [4.69, 9.17) is 4.74 Å². The Morgan fingerprint density at radius 1 is 0.974 bits per heavy atom. The van der Waals surface area contributed by atoms with Crippen LogP contribution in [-0.2, 0) is 16.2 Å². The Morgan fingerprint density at radius 3 is 2.47 bits per heavy atom. The molecule has 4 aromatic carbocycles. The van der Waals surface area contributed by atoms with Crippen LogP contribution in [0.2, 0.25) is 0 Å². The summed E-state index contributed by atoms with van der Waals surface area (Å²) in [5.74, 6) is -0.964. The van der Waals surface area contributed by atoms with Crippen LogP contribution in [0.5, 0.6) is 5.75 Å². The molecule has 0 bridgehead atoms. The van der Waals surface area contributed by atoms with E-state index in [-0.39, 0.29) is 18.1 Å². The summed E-state index contributed by atoms with van der Waals surface area (Å²) in [6.07, 6.45) is 1.56. The van der Waals surface area contributed by atoms with Gasteiger partial charge < -0.3 is 15.4 Å². The van der Waals surface area contributed by atoms with Crippen molar-refractivity contribution in [3.05, 3.63) is 113 Å². The molecule has 1 heterocycles. The largest absolute Gasteiger partial charge is 0.488 e. The fourth-order valence-electron chi connectivity index (χ4n) is 4.13. The van der Waals surface area contributed by atoms with Gasteiger partial charge in [0.2, 0.25) is 5.91 Å². The smallest absolute Gasteiger partial charge is 0.329 e. The van der Waals surface area contributed by atoms with Gasteiger partial charge in [0, 0.05) is 11.3 Å². The molecule has 0 spiro atoms. The van der Waals surface area contributed by atoms with Crippen molar-refractivity contribution in [1.29, 1.82) is 0 Å². The second-order valence-corrected chi connectivity index (χ2v) is 8.91. The van der Waals surface area contributed by atoms with Crippen molar-refractivity contribution in [2.75, 3.05) is 11.9 Å². The number of amides is 4. The maximum absolute atomic E-state index is 13.3. The summed E-state index contributed by atoms with van der Waals surface area (Å²) < 4.78 is 19.3. The van der Waals surface area contributed by atoms with Crippen LogP contribution in [-0.4, -0.2) is 29.3 Å². The van der Waals surface area contributed by atoms with E-state index in [2.05, 4.69) is 10.6 Å². The van der Waals surface area contributed by atoms with E-state index in [0.717, 1.165) is 26.8 Å². The molecule has 0 atom stereocenters. The van der Waals surface area contributed by atoms with Gasteiger partial charge in [0.05, 0.1) is 0 Å². The van der Waals surface area contributed by atoms with Gasteiger partial charge >= 0.3 is 6.03 Å². The molecule has 190 valence electrons. The zero-order chi connectivity index (χ0) is 26.6. The number of urea groups is 1. The number of imide groups is 1. The van der Waals surface area contributed by atoms with Gasteiger partial charge in [-0.3, -0.25) is 9.59 Å². The Hall–Kier alpha value is -4.98. The predicted octanol–water partition coefficient (Wildman–Crippen LogP) is 5.40. The number of hydrogen-bond donors (Lipinski definition) is 2. The Bertz CT molecular complexity index is 1560. The first-order chi connectivity index (χ1) is 18.4. The van der Waals surface area contributed by atoms with Crippen LogP contribution in [0.4, 0.5) is 14.9 Å². The van der Waals surface area contributed by atoms with Crippen molar-refractivity contribution in [3.8, 4) is 5.75 Å². The van der Waals surface area contributed by atoms with Crippen LogP contribution >= 0.6 is 0 Å². The predicted molar refractivity (Wildman–Crippen MR) is 143 cm³/mol. The summed E-state index contributed by atoms with van der Waals surface area (Å²) in [6.45, 7) is 1.68. The van der Waals surface area contributed by atoms with E-state index < -0.39 is 24.4 Å². The number of nitrogens with one attached hydrogen (secondary N) is 2. The lowest BCUT2D eigenvalue weighted by atomic mass is 10.0. The Morgan fingerprint density at radius 2 is 1.71 bits per heavy atom. The molecule has 0 unspecified atom stereocenters. The van der Waals surface area contributed by atoms with Gasteiger partial charge in [0.1, 0.15) is 30.4 Å². The van der Waals surface area contributed by atoms with Gasteiger partial charge in [-0.25, -0.2) is 14.1 Å². The number of benzene rings is 4. The first kappa shape index (κ1) is 24.7. The number of rotatable bonds is 7. The third kappa shape index (κ3) is 5.39. The number of halogens is 1. The molecule has 2 N–H and O–H groups in total. The third-order valence-corrected chi connectivity index (χ3v) is 6.13. The molecule has 1 aliphatic heterocycles. The number of carbonyl (C=O) groups is 3. The lowest BCUT2D eigenvalue weighted by molar-refractivity contribution is -0.127. The van der Waals surface area contributed by atoms with E-state index >= 15 is 0 Å². The van der Waals surface area contributed by atoms with Gasteiger partial charge in [0.15, 0.2) is 0 Å². The summed E-state index contributed by atoms with van der Waals surface area (Å²) in [6, 6.07) is 23.8. The van der Waals surface area contributed by atoms with Crippen molar-refractivity contribution in [3.63, 3.8) is 0 Å². The number of anilines is 1. The van der Waals surface area contributed by atoms with Crippen molar-refractivity contribution in [2.45, 2.75) is 13.5 Å². The van der Waals surface area contributed by atoms with E-state index in [1.165, 1.54) is 12.1 Å². The van der Waals surface area contributed by atoms with E-state index in [1.54, 1.807) is 36.4 Å². The molecule has 1 saturated heterocycles. The average molecular weight is 510 g/mol. The number of carbonyl (C=O) groups excluding carboxylic acids is 3. The highest BCUT2D eigenvalue weighted by Gasteiger charge is 2.35. The van der Waals surface area contributed by atoms with Gasteiger partial charge in [-0.2, -0.15) is 0 Å². The topological polar surface area (TPSA) is 87.7 Å². The normalized spacial score (nSPS) is 14.2. The highest BCUT2D eigenvalue weighted by molar-refractivity contribution is 6.16. The number of nitrogens with zero attached hydrogens (tertiary/aromatic N) is 1. The Balaban J connectivity index is 1.39. The summed E-state index contributed by atoms with van der Waals surface area (Å²) in [5, 5.41) is 7.00. The highest BCUT2D eigenvalue weighted by Crippen LogP contribution is 2.31. The van der Waals surface area contributed by atoms with Crippen LogP contribution in [0.3, 0.4) is 0 Å². The molecule has 0 radical (unpaired) electrons. The molecule has 38 heavy (non-hydrogen) atoms. The number of hydrogen-bond acceptors (Lipinski definition) is 4. The molecular weight excluding hydrogens is 485 g/mol. The zero-order valence-corrected chi connectivity index (χ0v) is 20.5. The number of fused-ring (bicyclic) bond motifs is 1. The van der Waals surface area contributed by atoms with Gasteiger partial charge in [-0.15, -0.1) is 0 Å². The maximum atomic E-state index is 13.3. The van der Waals surface area contributed by atoms with Gasteiger partial charge in [0.25, 0.3) is 5.91 Å². The van der Waals surface area contributed by atoms with Crippen molar-refractivity contribution < 1.29 is 23.5 Å². The first-order valence-electron chi connectivity index (χ1n) is 12.0. The summed E-state index contributed by atoms with van der Waals surface area (Å²) in [4.78, 5) is 39.1. The number of ether oxygens (including phenoxy) is 1. The van der Waals surface area contributed by atoms with Crippen LogP contribution < -0.4 is 15.4 Å². The Labute approximate surface area is 218 Å². The monoisotopic (exact) mass is 509 g/mol.